The van der Waals surface area contributed by atoms with Crippen LogP contribution in [-0.2, 0) is 19.6 Å². The number of aryl methyl sites for hydroxylation is 1. The Hall–Kier alpha value is -1.93. The minimum atomic E-state index is -3.68. The molecule has 0 bridgehead atoms. The van der Waals surface area contributed by atoms with Crippen LogP contribution in [0.25, 0.3) is 0 Å². The molecule has 0 saturated carbocycles. The molecule has 1 fully saturated rings. The highest BCUT2D eigenvalue weighted by Gasteiger charge is 2.27. The maximum absolute atomic E-state index is 12.7. The number of carbonyl (C=O) groups excluding carboxylic acids is 2. The summed E-state index contributed by atoms with van der Waals surface area (Å²) in [4.78, 5) is 27.0. The van der Waals surface area contributed by atoms with Crippen LogP contribution < -0.4 is 0 Å². The van der Waals surface area contributed by atoms with E-state index in [0.717, 1.165) is 25.7 Å². The monoisotopic (exact) mass is 424 g/mol. The number of esters is 1. The Morgan fingerprint density at radius 1 is 1.17 bits per heavy atom. The molecule has 7 nitrogen and oxygen atoms in total. The van der Waals surface area contributed by atoms with E-state index in [4.69, 9.17) is 4.74 Å². The third kappa shape index (κ3) is 5.36. The van der Waals surface area contributed by atoms with E-state index in [1.54, 1.807) is 31.7 Å². The van der Waals surface area contributed by atoms with Gasteiger partial charge in [-0.2, -0.15) is 4.31 Å². The molecule has 0 spiro atoms. The maximum Gasteiger partial charge on any atom is 0.338 e. The van der Waals surface area contributed by atoms with E-state index in [1.165, 1.54) is 16.4 Å². The number of benzene rings is 1. The van der Waals surface area contributed by atoms with Gasteiger partial charge in [0.1, 0.15) is 0 Å². The van der Waals surface area contributed by atoms with Crippen molar-refractivity contribution in [2.45, 2.75) is 64.3 Å². The molecule has 1 heterocycles. The van der Waals surface area contributed by atoms with Gasteiger partial charge in [0, 0.05) is 25.7 Å². The van der Waals surface area contributed by atoms with Crippen molar-refractivity contribution < 1.29 is 22.7 Å². The number of sulfonamides is 1. The molecular weight excluding hydrogens is 392 g/mol. The van der Waals surface area contributed by atoms with Crippen molar-refractivity contribution in [2.75, 3.05) is 26.2 Å². The molecule has 1 amide bonds. The van der Waals surface area contributed by atoms with Crippen LogP contribution in [0.1, 0.15) is 62.4 Å². The minimum absolute atomic E-state index is 0.0483. The van der Waals surface area contributed by atoms with Crippen LogP contribution in [0.3, 0.4) is 0 Å². The van der Waals surface area contributed by atoms with Crippen molar-refractivity contribution in [1.29, 1.82) is 0 Å². The minimum Gasteiger partial charge on any atom is -0.452 e. The van der Waals surface area contributed by atoms with Crippen molar-refractivity contribution >= 4 is 21.9 Å². The van der Waals surface area contributed by atoms with Crippen molar-refractivity contribution in [3.8, 4) is 0 Å². The topological polar surface area (TPSA) is 84.0 Å². The van der Waals surface area contributed by atoms with Crippen molar-refractivity contribution in [3.05, 3.63) is 29.3 Å². The predicted octanol–water partition coefficient (Wildman–Crippen LogP) is 2.97. The van der Waals surface area contributed by atoms with Gasteiger partial charge >= 0.3 is 5.97 Å². The van der Waals surface area contributed by atoms with Gasteiger partial charge in [-0.15, -0.1) is 0 Å². The zero-order chi connectivity index (χ0) is 21.6. The molecule has 0 unspecified atom stereocenters. The van der Waals surface area contributed by atoms with E-state index in [0.29, 0.717) is 25.2 Å². The summed E-state index contributed by atoms with van der Waals surface area (Å²) in [5.41, 5.74) is 0.766. The van der Waals surface area contributed by atoms with E-state index in [1.807, 2.05) is 6.92 Å². The first-order valence-corrected chi connectivity index (χ1v) is 11.8. The Kier molecular flexibility index (Phi) is 8.22. The van der Waals surface area contributed by atoms with Crippen LogP contribution in [0, 0.1) is 6.92 Å². The normalized spacial score (nSPS) is 17.4. The molecule has 29 heavy (non-hydrogen) atoms. The van der Waals surface area contributed by atoms with Gasteiger partial charge in [-0.25, -0.2) is 13.2 Å². The largest absolute Gasteiger partial charge is 0.452 e. The third-order valence-electron chi connectivity index (χ3n) is 5.52. The first-order valence-electron chi connectivity index (χ1n) is 10.3. The second kappa shape index (κ2) is 10.2. The highest BCUT2D eigenvalue weighted by Crippen LogP contribution is 2.22. The lowest BCUT2D eigenvalue weighted by atomic mass is 10.00. The van der Waals surface area contributed by atoms with E-state index in [9.17, 15) is 18.0 Å². The maximum atomic E-state index is 12.7. The Bertz CT molecular complexity index is 833. The molecule has 1 atom stereocenters. The summed E-state index contributed by atoms with van der Waals surface area (Å²) >= 11 is 0. The number of amides is 1. The fraction of sp³-hybridized carbons (Fsp3) is 0.619. The van der Waals surface area contributed by atoms with Gasteiger partial charge in [0.2, 0.25) is 10.0 Å². The van der Waals surface area contributed by atoms with E-state index >= 15 is 0 Å². The van der Waals surface area contributed by atoms with Crippen LogP contribution in [0.4, 0.5) is 0 Å². The summed E-state index contributed by atoms with van der Waals surface area (Å²) in [6.45, 7) is 8.33. The van der Waals surface area contributed by atoms with Gasteiger partial charge in [-0.05, 0) is 50.3 Å². The smallest absolute Gasteiger partial charge is 0.338 e. The number of carbonyl (C=O) groups is 2. The molecule has 162 valence electrons. The Balaban J connectivity index is 2.14. The Morgan fingerprint density at radius 3 is 2.48 bits per heavy atom. The summed E-state index contributed by atoms with van der Waals surface area (Å²) in [6.07, 6.45) is 3.92. The van der Waals surface area contributed by atoms with E-state index < -0.39 is 16.0 Å². The van der Waals surface area contributed by atoms with Gasteiger partial charge in [-0.1, -0.05) is 26.8 Å². The number of rotatable bonds is 8. The molecule has 1 aromatic carbocycles. The summed E-state index contributed by atoms with van der Waals surface area (Å²) in [6, 6.07) is 4.61. The molecule has 0 N–H and O–H groups in total. The van der Waals surface area contributed by atoms with Crippen LogP contribution in [0.5, 0.6) is 0 Å². The molecular formula is C21H32N2O5S. The molecule has 1 aliphatic rings. The zero-order valence-electron chi connectivity index (χ0n) is 17.8. The number of nitrogens with zero attached hydrogens (tertiary/aromatic N) is 2. The number of ether oxygens (including phenoxy) is 1. The SMILES string of the molecule is CC[C@H]1CCCCN1C(=O)COC(=O)c1cc(S(=O)(=O)N(CC)CC)ccc1C. The van der Waals surface area contributed by atoms with Gasteiger partial charge in [0.25, 0.3) is 5.91 Å². The fourth-order valence-electron chi connectivity index (χ4n) is 3.74. The molecule has 0 aromatic heterocycles. The highest BCUT2D eigenvalue weighted by atomic mass is 32.2. The summed E-state index contributed by atoms with van der Waals surface area (Å²) in [5, 5.41) is 0. The van der Waals surface area contributed by atoms with Crippen LogP contribution in [0.15, 0.2) is 23.1 Å². The highest BCUT2D eigenvalue weighted by molar-refractivity contribution is 7.89. The van der Waals surface area contributed by atoms with Gasteiger partial charge in [-0.3, -0.25) is 4.79 Å². The summed E-state index contributed by atoms with van der Waals surface area (Å²) in [7, 11) is -3.68. The predicted molar refractivity (Wildman–Crippen MR) is 111 cm³/mol. The third-order valence-corrected chi connectivity index (χ3v) is 7.56. The molecule has 1 aliphatic heterocycles. The quantitative estimate of drug-likeness (QED) is 0.599. The number of likely N-dealkylation sites (tertiary alicyclic amines) is 1. The molecule has 2 rings (SSSR count). The first-order chi connectivity index (χ1) is 13.8. The van der Waals surface area contributed by atoms with E-state index in [2.05, 4.69) is 0 Å². The van der Waals surface area contributed by atoms with Crippen LogP contribution in [0.2, 0.25) is 0 Å². The van der Waals surface area contributed by atoms with E-state index in [-0.39, 0.29) is 29.0 Å². The second-order valence-electron chi connectivity index (χ2n) is 7.29. The van der Waals surface area contributed by atoms with Crippen LogP contribution in [-0.4, -0.2) is 61.8 Å². The van der Waals surface area contributed by atoms with Crippen molar-refractivity contribution in [2.24, 2.45) is 0 Å². The van der Waals surface area contributed by atoms with Gasteiger partial charge in [0.15, 0.2) is 6.61 Å². The number of hydrogen-bond acceptors (Lipinski definition) is 5. The lowest BCUT2D eigenvalue weighted by Gasteiger charge is -2.35. The lowest BCUT2D eigenvalue weighted by molar-refractivity contribution is -0.138. The lowest BCUT2D eigenvalue weighted by Crippen LogP contribution is -2.45. The average Bonchev–Trinajstić information content (AvgIpc) is 2.72. The van der Waals surface area contributed by atoms with Crippen molar-refractivity contribution in [3.63, 3.8) is 0 Å². The average molecular weight is 425 g/mol. The Morgan fingerprint density at radius 2 is 1.86 bits per heavy atom. The molecule has 1 saturated heterocycles. The summed E-state index contributed by atoms with van der Waals surface area (Å²) < 4.78 is 32.1. The first kappa shape index (κ1) is 23.3. The standard InChI is InChI=1S/C21H32N2O5S/c1-5-17-10-8-9-13-23(17)20(24)15-28-21(25)19-14-18(12-11-16(19)4)29(26,27)22(6-2)7-3/h11-12,14,17H,5-10,13,15H2,1-4H3/t17-/m0/s1. The van der Waals surface area contributed by atoms with Crippen LogP contribution >= 0.6 is 0 Å². The Labute approximate surface area is 174 Å². The molecule has 1 aromatic rings. The molecule has 0 radical (unpaired) electrons. The number of piperidine rings is 1. The number of hydrogen-bond donors (Lipinski definition) is 0. The van der Waals surface area contributed by atoms with Crippen molar-refractivity contribution in [1.82, 2.24) is 9.21 Å². The van der Waals surface area contributed by atoms with Gasteiger partial charge < -0.3 is 9.64 Å². The fourth-order valence-corrected chi connectivity index (χ4v) is 5.22. The molecule has 8 heteroatoms. The summed E-state index contributed by atoms with van der Waals surface area (Å²) in [5.74, 6) is -0.882. The molecule has 0 aliphatic carbocycles. The zero-order valence-corrected chi connectivity index (χ0v) is 18.6. The van der Waals surface area contributed by atoms with Gasteiger partial charge in [0.05, 0.1) is 10.5 Å². The second-order valence-corrected chi connectivity index (χ2v) is 9.23.